The fraction of sp³-hybridized carbons (Fsp3) is 0.0909. The van der Waals surface area contributed by atoms with Crippen molar-refractivity contribution in [1.82, 2.24) is 24.6 Å². The van der Waals surface area contributed by atoms with Crippen molar-refractivity contribution < 1.29 is 0 Å². The molecule has 3 heterocycles. The van der Waals surface area contributed by atoms with E-state index in [0.29, 0.717) is 23.1 Å². The highest BCUT2D eigenvalue weighted by Gasteiger charge is 2.08. The van der Waals surface area contributed by atoms with E-state index in [-0.39, 0.29) is 5.56 Å². The SMILES string of the molecule is Cc1cc(=O)n2[nH]c(-c3ccc(N)nc3)nc2n1. The summed E-state index contributed by atoms with van der Waals surface area (Å²) >= 11 is 0. The molecule has 0 aliphatic rings. The van der Waals surface area contributed by atoms with Crippen LogP contribution in [0.2, 0.25) is 0 Å². The van der Waals surface area contributed by atoms with Gasteiger partial charge >= 0.3 is 0 Å². The van der Waals surface area contributed by atoms with Gasteiger partial charge in [-0.15, -0.1) is 0 Å². The lowest BCUT2D eigenvalue weighted by atomic mass is 10.3. The minimum absolute atomic E-state index is 0.195. The number of aryl methyl sites for hydroxylation is 1. The van der Waals surface area contributed by atoms with Gasteiger partial charge in [0, 0.05) is 23.5 Å². The van der Waals surface area contributed by atoms with Crippen LogP contribution in [0.1, 0.15) is 5.69 Å². The Labute approximate surface area is 101 Å². The number of hydrogen-bond donors (Lipinski definition) is 2. The van der Waals surface area contributed by atoms with Gasteiger partial charge in [0.05, 0.1) is 0 Å². The summed E-state index contributed by atoms with van der Waals surface area (Å²) in [7, 11) is 0. The molecule has 0 unspecified atom stereocenters. The molecule has 3 N–H and O–H groups in total. The Bertz CT molecular complexity index is 770. The third kappa shape index (κ3) is 1.61. The van der Waals surface area contributed by atoms with Crippen LogP contribution in [0.15, 0.2) is 29.2 Å². The number of nitrogen functional groups attached to an aromatic ring is 1. The molecule has 0 aromatic carbocycles. The van der Waals surface area contributed by atoms with Crippen LogP contribution in [0.4, 0.5) is 5.82 Å². The number of H-pyrrole nitrogens is 1. The topological polar surface area (TPSA) is 102 Å². The highest BCUT2D eigenvalue weighted by molar-refractivity contribution is 5.57. The second kappa shape index (κ2) is 3.66. The second-order valence-corrected chi connectivity index (χ2v) is 3.92. The van der Waals surface area contributed by atoms with Gasteiger partial charge in [0.25, 0.3) is 11.3 Å². The van der Waals surface area contributed by atoms with Crippen LogP contribution >= 0.6 is 0 Å². The molecule has 0 aliphatic heterocycles. The minimum Gasteiger partial charge on any atom is -0.384 e. The van der Waals surface area contributed by atoms with Crippen molar-refractivity contribution in [2.75, 3.05) is 5.73 Å². The first-order chi connectivity index (χ1) is 8.63. The van der Waals surface area contributed by atoms with E-state index >= 15 is 0 Å². The standard InChI is InChI=1S/C11H10N6O/c1-6-4-9(18)17-11(14-6)15-10(16-17)7-2-3-8(12)13-5-7/h2-5H,1H3,(H2,12,13)(H,14,15,16). The fourth-order valence-corrected chi connectivity index (χ4v) is 1.67. The van der Waals surface area contributed by atoms with E-state index in [4.69, 9.17) is 5.73 Å². The largest absolute Gasteiger partial charge is 0.384 e. The second-order valence-electron chi connectivity index (χ2n) is 3.92. The highest BCUT2D eigenvalue weighted by atomic mass is 16.1. The van der Waals surface area contributed by atoms with Crippen molar-refractivity contribution >= 4 is 11.6 Å². The highest BCUT2D eigenvalue weighted by Crippen LogP contribution is 2.14. The molecule has 7 nitrogen and oxygen atoms in total. The van der Waals surface area contributed by atoms with Crippen molar-refractivity contribution in [3.8, 4) is 11.4 Å². The quantitative estimate of drug-likeness (QED) is 0.641. The van der Waals surface area contributed by atoms with Crippen LogP contribution in [0.3, 0.4) is 0 Å². The van der Waals surface area contributed by atoms with Crippen LogP contribution in [-0.2, 0) is 0 Å². The number of aromatic amines is 1. The van der Waals surface area contributed by atoms with Gasteiger partial charge in [-0.3, -0.25) is 9.89 Å². The number of aromatic nitrogens is 5. The average molecular weight is 242 g/mol. The lowest BCUT2D eigenvalue weighted by molar-refractivity contribution is 0.892. The monoisotopic (exact) mass is 242 g/mol. The summed E-state index contributed by atoms with van der Waals surface area (Å²) < 4.78 is 1.29. The number of nitrogens with two attached hydrogens (primary N) is 1. The predicted molar refractivity (Wildman–Crippen MR) is 66.0 cm³/mol. The number of hydrogen-bond acceptors (Lipinski definition) is 5. The molecule has 0 bridgehead atoms. The number of nitrogens with zero attached hydrogens (tertiary/aromatic N) is 4. The molecule has 7 heteroatoms. The predicted octanol–water partition coefficient (Wildman–Crippen LogP) is 0.370. The van der Waals surface area contributed by atoms with E-state index < -0.39 is 0 Å². The lowest BCUT2D eigenvalue weighted by Crippen LogP contribution is -2.14. The van der Waals surface area contributed by atoms with E-state index in [1.165, 1.54) is 10.6 Å². The Kier molecular flexibility index (Phi) is 2.12. The van der Waals surface area contributed by atoms with Crippen LogP contribution in [0.5, 0.6) is 0 Å². The van der Waals surface area contributed by atoms with Gasteiger partial charge in [-0.05, 0) is 19.1 Å². The van der Waals surface area contributed by atoms with Crippen LogP contribution in [0.25, 0.3) is 17.2 Å². The van der Waals surface area contributed by atoms with E-state index in [1.54, 1.807) is 25.3 Å². The first kappa shape index (κ1) is 10.5. The molecular weight excluding hydrogens is 232 g/mol. The number of nitrogens with one attached hydrogen (secondary N) is 1. The Hall–Kier alpha value is -2.70. The minimum atomic E-state index is -0.195. The average Bonchev–Trinajstić information content (AvgIpc) is 2.74. The van der Waals surface area contributed by atoms with Crippen molar-refractivity contribution in [3.05, 3.63) is 40.4 Å². The van der Waals surface area contributed by atoms with Crippen molar-refractivity contribution in [1.29, 1.82) is 0 Å². The molecule has 0 fully saturated rings. The zero-order valence-electron chi connectivity index (χ0n) is 9.58. The Morgan fingerprint density at radius 2 is 2.17 bits per heavy atom. The smallest absolute Gasteiger partial charge is 0.274 e. The maximum absolute atomic E-state index is 11.7. The number of pyridine rings is 1. The van der Waals surface area contributed by atoms with E-state index in [2.05, 4.69) is 20.1 Å². The van der Waals surface area contributed by atoms with E-state index in [9.17, 15) is 4.79 Å². The molecule has 3 rings (SSSR count). The first-order valence-corrected chi connectivity index (χ1v) is 5.32. The molecule has 0 atom stereocenters. The number of rotatable bonds is 1. The molecule has 3 aromatic heterocycles. The number of fused-ring (bicyclic) bond motifs is 1. The summed E-state index contributed by atoms with van der Waals surface area (Å²) in [6, 6.07) is 4.89. The van der Waals surface area contributed by atoms with Crippen LogP contribution in [-0.4, -0.2) is 24.6 Å². The first-order valence-electron chi connectivity index (χ1n) is 5.32. The number of anilines is 1. The van der Waals surface area contributed by atoms with Gasteiger partial charge in [-0.2, -0.15) is 9.50 Å². The fourth-order valence-electron chi connectivity index (χ4n) is 1.67. The van der Waals surface area contributed by atoms with Crippen LogP contribution in [0, 0.1) is 6.92 Å². The van der Waals surface area contributed by atoms with Gasteiger partial charge in [0.2, 0.25) is 0 Å². The molecule has 18 heavy (non-hydrogen) atoms. The third-order valence-corrected chi connectivity index (χ3v) is 2.52. The normalized spacial score (nSPS) is 10.9. The molecule has 90 valence electrons. The summed E-state index contributed by atoms with van der Waals surface area (Å²) in [5, 5.41) is 2.88. The van der Waals surface area contributed by atoms with Gasteiger partial charge in [-0.1, -0.05) is 0 Å². The molecule has 0 saturated heterocycles. The molecule has 0 saturated carbocycles. The van der Waals surface area contributed by atoms with Crippen molar-refractivity contribution in [2.45, 2.75) is 6.92 Å². The molecule has 0 amide bonds. The van der Waals surface area contributed by atoms with Gasteiger partial charge in [0.1, 0.15) is 5.82 Å². The molecule has 0 aliphatic carbocycles. The third-order valence-electron chi connectivity index (χ3n) is 2.52. The molecule has 0 radical (unpaired) electrons. The van der Waals surface area contributed by atoms with Gasteiger partial charge in [0.15, 0.2) is 5.82 Å². The molecule has 0 spiro atoms. The zero-order valence-corrected chi connectivity index (χ0v) is 9.58. The van der Waals surface area contributed by atoms with Crippen molar-refractivity contribution in [3.63, 3.8) is 0 Å². The maximum Gasteiger partial charge on any atom is 0.274 e. The summed E-state index contributed by atoms with van der Waals surface area (Å²) in [5.74, 6) is 1.30. The summed E-state index contributed by atoms with van der Waals surface area (Å²) in [5.41, 5.74) is 6.70. The Balaban J connectivity index is 2.22. The van der Waals surface area contributed by atoms with Gasteiger partial charge < -0.3 is 5.73 Å². The molecule has 3 aromatic rings. The Morgan fingerprint density at radius 3 is 2.89 bits per heavy atom. The van der Waals surface area contributed by atoms with E-state index in [1.807, 2.05) is 0 Å². The Morgan fingerprint density at radius 1 is 1.33 bits per heavy atom. The summed E-state index contributed by atoms with van der Waals surface area (Å²) in [6.45, 7) is 1.75. The summed E-state index contributed by atoms with van der Waals surface area (Å²) in [4.78, 5) is 24.1. The summed E-state index contributed by atoms with van der Waals surface area (Å²) in [6.07, 6.45) is 1.59. The zero-order chi connectivity index (χ0) is 12.7. The van der Waals surface area contributed by atoms with E-state index in [0.717, 1.165) is 5.56 Å². The molecular formula is C11H10N6O. The van der Waals surface area contributed by atoms with Crippen LogP contribution < -0.4 is 11.3 Å². The van der Waals surface area contributed by atoms with Gasteiger partial charge in [-0.25, -0.2) is 9.97 Å². The maximum atomic E-state index is 11.7. The van der Waals surface area contributed by atoms with Crippen molar-refractivity contribution in [2.24, 2.45) is 0 Å². The lowest BCUT2D eigenvalue weighted by Gasteiger charge is -1.95.